The molecule has 1 aromatic heterocycles. The molecule has 7 heteroatoms. The van der Waals surface area contributed by atoms with E-state index in [1.807, 2.05) is 30.5 Å². The summed E-state index contributed by atoms with van der Waals surface area (Å²) >= 11 is 1.93. The zero-order chi connectivity index (χ0) is 15.5. The lowest BCUT2D eigenvalue weighted by Crippen LogP contribution is -2.48. The number of aromatic nitrogens is 2. The second-order valence-corrected chi connectivity index (χ2v) is 7.48. The smallest absolute Gasteiger partial charge is 0.239 e. The van der Waals surface area contributed by atoms with Gasteiger partial charge in [0.05, 0.1) is 12.6 Å². The van der Waals surface area contributed by atoms with E-state index in [-0.39, 0.29) is 17.9 Å². The van der Waals surface area contributed by atoms with E-state index >= 15 is 0 Å². The molecule has 6 nitrogen and oxygen atoms in total. The minimum atomic E-state index is -0.0162. The van der Waals surface area contributed by atoms with E-state index in [1.54, 1.807) is 0 Å². The number of thioether (sulfide) groups is 1. The molecule has 3 rings (SSSR count). The maximum atomic E-state index is 12.7. The molecule has 0 N–H and O–H groups in total. The van der Waals surface area contributed by atoms with Gasteiger partial charge in [0.25, 0.3) is 0 Å². The van der Waals surface area contributed by atoms with Gasteiger partial charge in [-0.1, -0.05) is 13.8 Å². The molecule has 0 radical (unpaired) electrons. The maximum Gasteiger partial charge on any atom is 0.239 e. The van der Waals surface area contributed by atoms with E-state index < -0.39 is 0 Å². The van der Waals surface area contributed by atoms with Gasteiger partial charge >= 0.3 is 0 Å². The summed E-state index contributed by atoms with van der Waals surface area (Å²) in [5.41, 5.74) is 0. The van der Waals surface area contributed by atoms with Crippen LogP contribution in [0.2, 0.25) is 0 Å². The topological polar surface area (TPSA) is 62.5 Å². The first kappa shape index (κ1) is 15.8. The normalized spacial score (nSPS) is 23.4. The van der Waals surface area contributed by atoms with Gasteiger partial charge in [0.15, 0.2) is 0 Å². The first-order chi connectivity index (χ1) is 10.6. The van der Waals surface area contributed by atoms with Crippen molar-refractivity contribution >= 4 is 17.7 Å². The van der Waals surface area contributed by atoms with Crippen molar-refractivity contribution in [3.05, 3.63) is 11.8 Å². The highest BCUT2D eigenvalue weighted by Gasteiger charge is 2.34. The van der Waals surface area contributed by atoms with Gasteiger partial charge in [-0.05, 0) is 19.4 Å². The summed E-state index contributed by atoms with van der Waals surface area (Å²) in [6, 6.07) is -0.0162. The Hall–Kier alpha value is -1.08. The summed E-state index contributed by atoms with van der Waals surface area (Å²) < 4.78 is 5.69. The Balaban J connectivity index is 1.63. The van der Waals surface area contributed by atoms with Gasteiger partial charge in [0.1, 0.15) is 0 Å². The minimum Gasteiger partial charge on any atom is -0.424 e. The molecule has 2 aliphatic heterocycles. The van der Waals surface area contributed by atoms with E-state index in [2.05, 4.69) is 15.1 Å². The lowest BCUT2D eigenvalue weighted by molar-refractivity contribution is -0.135. The fourth-order valence-electron chi connectivity index (χ4n) is 3.03. The quantitative estimate of drug-likeness (QED) is 0.840. The number of rotatable bonds is 4. The number of amides is 1. The molecule has 22 heavy (non-hydrogen) atoms. The number of carbonyl (C=O) groups is 1. The number of nitrogens with zero attached hydrogens (tertiary/aromatic N) is 4. The Kier molecular flexibility index (Phi) is 5.03. The summed E-state index contributed by atoms with van der Waals surface area (Å²) in [5, 5.41) is 8.20. The van der Waals surface area contributed by atoms with E-state index in [0.717, 1.165) is 44.0 Å². The Morgan fingerprint density at radius 1 is 1.32 bits per heavy atom. The van der Waals surface area contributed by atoms with Crippen LogP contribution in [0.5, 0.6) is 0 Å². The SMILES string of the molecule is CC(C)c1nnc(CN2CCCC2C(=O)N2CCSCC2)o1. The summed E-state index contributed by atoms with van der Waals surface area (Å²) in [6.45, 7) is 7.34. The molecule has 122 valence electrons. The summed E-state index contributed by atoms with van der Waals surface area (Å²) in [5.74, 6) is 3.92. The molecule has 1 unspecified atom stereocenters. The minimum absolute atomic E-state index is 0.0162. The predicted octanol–water partition coefficient (Wildman–Crippen LogP) is 1.73. The van der Waals surface area contributed by atoms with E-state index in [4.69, 9.17) is 4.42 Å². The molecular formula is C15H24N4O2S. The zero-order valence-corrected chi connectivity index (χ0v) is 14.1. The summed E-state index contributed by atoms with van der Waals surface area (Å²) in [6.07, 6.45) is 2.00. The molecule has 0 aliphatic carbocycles. The van der Waals surface area contributed by atoms with Crippen LogP contribution in [0, 0.1) is 0 Å². The van der Waals surface area contributed by atoms with Gasteiger partial charge in [-0.15, -0.1) is 10.2 Å². The fourth-order valence-corrected chi connectivity index (χ4v) is 3.93. The largest absolute Gasteiger partial charge is 0.424 e. The number of hydrogen-bond donors (Lipinski definition) is 0. The molecule has 1 aromatic rings. The van der Waals surface area contributed by atoms with Crippen LogP contribution in [0.15, 0.2) is 4.42 Å². The van der Waals surface area contributed by atoms with E-state index in [1.165, 1.54) is 0 Å². The molecular weight excluding hydrogens is 300 g/mol. The first-order valence-corrected chi connectivity index (χ1v) is 9.23. The van der Waals surface area contributed by atoms with Gasteiger partial charge in [-0.2, -0.15) is 11.8 Å². The molecule has 1 atom stereocenters. The van der Waals surface area contributed by atoms with Crippen molar-refractivity contribution < 1.29 is 9.21 Å². The molecule has 0 aromatic carbocycles. The fraction of sp³-hybridized carbons (Fsp3) is 0.800. The molecule has 0 spiro atoms. The monoisotopic (exact) mass is 324 g/mol. The third-order valence-corrected chi connectivity index (χ3v) is 5.23. The van der Waals surface area contributed by atoms with Crippen LogP contribution in [-0.4, -0.2) is 63.1 Å². The number of likely N-dealkylation sites (tertiary alicyclic amines) is 1. The molecule has 0 saturated carbocycles. The Morgan fingerprint density at radius 3 is 2.77 bits per heavy atom. The van der Waals surface area contributed by atoms with Gasteiger partial charge in [0, 0.05) is 30.5 Å². The number of hydrogen-bond acceptors (Lipinski definition) is 6. The highest BCUT2D eigenvalue weighted by Crippen LogP contribution is 2.23. The summed E-state index contributed by atoms with van der Waals surface area (Å²) in [4.78, 5) is 16.9. The van der Waals surface area contributed by atoms with Crippen molar-refractivity contribution in [2.45, 2.75) is 45.2 Å². The predicted molar refractivity (Wildman–Crippen MR) is 85.7 cm³/mol. The van der Waals surface area contributed by atoms with Crippen LogP contribution in [0.1, 0.15) is 44.4 Å². The molecule has 3 heterocycles. The molecule has 1 amide bonds. The van der Waals surface area contributed by atoms with Gasteiger partial charge in [-0.25, -0.2) is 0 Å². The lowest BCUT2D eigenvalue weighted by atomic mass is 10.2. The summed E-state index contributed by atoms with van der Waals surface area (Å²) in [7, 11) is 0. The highest BCUT2D eigenvalue weighted by atomic mass is 32.2. The average molecular weight is 324 g/mol. The standard InChI is InChI=1S/C15H24N4O2S/c1-11(2)14-17-16-13(21-14)10-19-5-3-4-12(19)15(20)18-6-8-22-9-7-18/h11-12H,3-10H2,1-2H3. The molecule has 2 fully saturated rings. The lowest BCUT2D eigenvalue weighted by Gasteiger charge is -2.31. The van der Waals surface area contributed by atoms with Crippen LogP contribution < -0.4 is 0 Å². The van der Waals surface area contributed by atoms with Gasteiger partial charge in [-0.3, -0.25) is 9.69 Å². The van der Waals surface area contributed by atoms with Gasteiger partial charge in [0.2, 0.25) is 17.7 Å². The second kappa shape index (κ2) is 7.00. The first-order valence-electron chi connectivity index (χ1n) is 8.08. The second-order valence-electron chi connectivity index (χ2n) is 6.25. The van der Waals surface area contributed by atoms with Crippen molar-refractivity contribution in [3.8, 4) is 0 Å². The third kappa shape index (κ3) is 3.46. The molecule has 0 bridgehead atoms. The Labute approximate surface area is 135 Å². The van der Waals surface area contributed by atoms with Crippen LogP contribution in [0.3, 0.4) is 0 Å². The van der Waals surface area contributed by atoms with E-state index in [0.29, 0.717) is 18.3 Å². The van der Waals surface area contributed by atoms with Crippen molar-refractivity contribution in [2.75, 3.05) is 31.1 Å². The Morgan fingerprint density at radius 2 is 2.09 bits per heavy atom. The van der Waals surface area contributed by atoms with Crippen LogP contribution >= 0.6 is 11.8 Å². The van der Waals surface area contributed by atoms with Crippen molar-refractivity contribution in [3.63, 3.8) is 0 Å². The Bertz CT molecular complexity index is 513. The van der Waals surface area contributed by atoms with Crippen LogP contribution in [-0.2, 0) is 11.3 Å². The van der Waals surface area contributed by atoms with Crippen LogP contribution in [0.25, 0.3) is 0 Å². The van der Waals surface area contributed by atoms with Crippen molar-refractivity contribution in [1.29, 1.82) is 0 Å². The number of carbonyl (C=O) groups excluding carboxylic acids is 1. The zero-order valence-electron chi connectivity index (χ0n) is 13.3. The van der Waals surface area contributed by atoms with Crippen molar-refractivity contribution in [2.24, 2.45) is 0 Å². The molecule has 2 aliphatic rings. The average Bonchev–Trinajstić information content (AvgIpc) is 3.17. The third-order valence-electron chi connectivity index (χ3n) is 4.29. The highest BCUT2D eigenvalue weighted by molar-refractivity contribution is 7.99. The van der Waals surface area contributed by atoms with Crippen LogP contribution in [0.4, 0.5) is 0 Å². The van der Waals surface area contributed by atoms with Crippen molar-refractivity contribution in [1.82, 2.24) is 20.0 Å². The molecule has 2 saturated heterocycles. The van der Waals surface area contributed by atoms with E-state index in [9.17, 15) is 4.79 Å². The maximum absolute atomic E-state index is 12.7. The van der Waals surface area contributed by atoms with Gasteiger partial charge < -0.3 is 9.32 Å².